The molecule has 0 radical (unpaired) electrons. The number of aryl methyl sites for hydroxylation is 1. The second-order valence-electron chi connectivity index (χ2n) is 5.51. The van der Waals surface area contributed by atoms with E-state index in [1.54, 1.807) is 0 Å². The fraction of sp³-hybridized carbons (Fsp3) is 0.375. The van der Waals surface area contributed by atoms with Crippen LogP contribution in [0.2, 0.25) is 0 Å². The number of nitrogens with zero attached hydrogens (tertiary/aromatic N) is 2. The molecule has 3 nitrogen and oxygen atoms in total. The minimum atomic E-state index is 0.270. The molecule has 0 N–H and O–H groups in total. The van der Waals surface area contributed by atoms with Gasteiger partial charge in [-0.3, -0.25) is 9.48 Å². The van der Waals surface area contributed by atoms with Crippen LogP contribution in [0.25, 0.3) is 11.1 Å². The largest absolute Gasteiger partial charge is 0.294 e. The first-order valence-electron chi connectivity index (χ1n) is 6.77. The molecule has 1 aliphatic rings. The fourth-order valence-corrected chi connectivity index (χ4v) is 2.88. The normalized spacial score (nSPS) is 14.2. The zero-order valence-electron chi connectivity index (χ0n) is 11.6. The summed E-state index contributed by atoms with van der Waals surface area (Å²) in [7, 11) is 1.95. The van der Waals surface area contributed by atoms with Gasteiger partial charge in [-0.1, -0.05) is 32.0 Å². The number of Topliss-reactive ketones (excluding diaryl/α,β-unsaturated/α-hetero) is 1. The van der Waals surface area contributed by atoms with Crippen LogP contribution in [-0.2, 0) is 13.5 Å². The summed E-state index contributed by atoms with van der Waals surface area (Å²) in [4.78, 5) is 11.9. The molecule has 2 aromatic rings. The molecule has 0 atom stereocenters. The van der Waals surface area contributed by atoms with E-state index in [4.69, 9.17) is 0 Å². The van der Waals surface area contributed by atoms with Gasteiger partial charge in [0.05, 0.1) is 5.69 Å². The van der Waals surface area contributed by atoms with Gasteiger partial charge in [0.15, 0.2) is 5.78 Å². The summed E-state index contributed by atoms with van der Waals surface area (Å²) >= 11 is 0. The number of hydrogen-bond acceptors (Lipinski definition) is 2. The quantitative estimate of drug-likeness (QED) is 0.823. The Morgan fingerprint density at radius 1 is 1.16 bits per heavy atom. The van der Waals surface area contributed by atoms with Gasteiger partial charge in [-0.05, 0) is 23.5 Å². The molecule has 1 aromatic heterocycles. The summed E-state index contributed by atoms with van der Waals surface area (Å²) < 4.78 is 1.86. The summed E-state index contributed by atoms with van der Waals surface area (Å²) in [6.45, 7) is 4.31. The van der Waals surface area contributed by atoms with Crippen molar-refractivity contribution in [3.05, 3.63) is 41.2 Å². The molecule has 0 unspecified atom stereocenters. The van der Waals surface area contributed by atoms with Crippen LogP contribution in [0.3, 0.4) is 0 Å². The van der Waals surface area contributed by atoms with Gasteiger partial charge < -0.3 is 0 Å². The van der Waals surface area contributed by atoms with Crippen LogP contribution in [0, 0.1) is 0 Å². The van der Waals surface area contributed by atoms with Gasteiger partial charge in [-0.15, -0.1) is 0 Å². The maximum absolute atomic E-state index is 11.9. The highest BCUT2D eigenvalue weighted by Gasteiger charge is 2.24. The lowest BCUT2D eigenvalue weighted by Gasteiger charge is -2.09. The monoisotopic (exact) mass is 254 g/mol. The zero-order chi connectivity index (χ0) is 13.6. The number of fused-ring (bicyclic) bond motifs is 1. The van der Waals surface area contributed by atoms with Crippen molar-refractivity contribution in [2.45, 2.75) is 32.6 Å². The molecular formula is C16H18N2O. The smallest absolute Gasteiger partial charge is 0.163 e. The Morgan fingerprint density at radius 2 is 1.89 bits per heavy atom. The van der Waals surface area contributed by atoms with E-state index in [2.05, 4.69) is 31.2 Å². The summed E-state index contributed by atoms with van der Waals surface area (Å²) in [6, 6.07) is 6.04. The molecule has 98 valence electrons. The van der Waals surface area contributed by atoms with Crippen molar-refractivity contribution in [2.24, 2.45) is 7.05 Å². The Hall–Kier alpha value is -1.90. The van der Waals surface area contributed by atoms with Crippen LogP contribution in [-0.4, -0.2) is 15.6 Å². The van der Waals surface area contributed by atoms with Crippen LogP contribution in [0.1, 0.15) is 47.8 Å². The van der Waals surface area contributed by atoms with Crippen molar-refractivity contribution in [1.82, 2.24) is 9.78 Å². The van der Waals surface area contributed by atoms with Crippen LogP contribution in [0.4, 0.5) is 0 Å². The third kappa shape index (κ3) is 1.89. The number of carbonyl (C=O) groups is 1. The van der Waals surface area contributed by atoms with Crippen LogP contribution >= 0.6 is 0 Å². The SMILES string of the molecule is CC(C)c1nn(C)cc1-c1cccc2c1CCC2=O. The molecule has 1 aromatic carbocycles. The van der Waals surface area contributed by atoms with Crippen molar-refractivity contribution in [2.75, 3.05) is 0 Å². The Morgan fingerprint density at radius 3 is 2.63 bits per heavy atom. The van der Waals surface area contributed by atoms with Gasteiger partial charge in [-0.2, -0.15) is 5.10 Å². The molecule has 1 aliphatic carbocycles. The van der Waals surface area contributed by atoms with Gasteiger partial charge in [0.2, 0.25) is 0 Å². The first-order valence-corrected chi connectivity index (χ1v) is 6.77. The summed E-state index contributed by atoms with van der Waals surface area (Å²) in [5, 5.41) is 4.56. The van der Waals surface area contributed by atoms with Crippen LogP contribution in [0.15, 0.2) is 24.4 Å². The van der Waals surface area contributed by atoms with E-state index >= 15 is 0 Å². The number of aromatic nitrogens is 2. The van der Waals surface area contributed by atoms with E-state index in [9.17, 15) is 4.79 Å². The number of benzene rings is 1. The number of ketones is 1. The van der Waals surface area contributed by atoms with E-state index in [1.807, 2.05) is 23.9 Å². The minimum absolute atomic E-state index is 0.270. The Bertz CT molecular complexity index is 653. The van der Waals surface area contributed by atoms with Gasteiger partial charge in [-0.25, -0.2) is 0 Å². The van der Waals surface area contributed by atoms with Crippen molar-refractivity contribution >= 4 is 5.78 Å². The highest BCUT2D eigenvalue weighted by atomic mass is 16.1. The number of rotatable bonds is 2. The Balaban J connectivity index is 2.21. The molecule has 19 heavy (non-hydrogen) atoms. The number of hydrogen-bond donors (Lipinski definition) is 0. The zero-order valence-corrected chi connectivity index (χ0v) is 11.6. The summed E-state index contributed by atoms with van der Waals surface area (Å²) in [5.74, 6) is 0.649. The highest BCUT2D eigenvalue weighted by molar-refractivity contribution is 6.02. The molecule has 1 heterocycles. The Labute approximate surface area is 113 Å². The Kier molecular flexibility index (Phi) is 2.77. The summed E-state index contributed by atoms with van der Waals surface area (Å²) in [6.07, 6.45) is 3.56. The van der Waals surface area contributed by atoms with Crippen molar-refractivity contribution in [3.8, 4) is 11.1 Å². The first-order chi connectivity index (χ1) is 9.08. The first kappa shape index (κ1) is 12.2. The predicted molar refractivity (Wildman–Crippen MR) is 75.4 cm³/mol. The van der Waals surface area contributed by atoms with E-state index in [1.165, 1.54) is 16.7 Å². The molecular weight excluding hydrogens is 236 g/mol. The van der Waals surface area contributed by atoms with Gasteiger partial charge in [0.25, 0.3) is 0 Å². The van der Waals surface area contributed by atoms with Crippen LogP contribution in [0.5, 0.6) is 0 Å². The molecule has 0 aliphatic heterocycles. The molecule has 0 spiro atoms. The van der Waals surface area contributed by atoms with E-state index in [0.29, 0.717) is 12.3 Å². The molecule has 0 fully saturated rings. The molecule has 0 bridgehead atoms. The molecule has 3 rings (SSSR count). The fourth-order valence-electron chi connectivity index (χ4n) is 2.88. The van der Waals surface area contributed by atoms with E-state index in [-0.39, 0.29) is 5.78 Å². The standard InChI is InChI=1S/C16H18N2O/c1-10(2)16-14(9-18(3)17-16)11-5-4-6-13-12(11)7-8-15(13)19/h4-6,9-10H,7-8H2,1-3H3. The van der Waals surface area contributed by atoms with Gasteiger partial charge in [0.1, 0.15) is 0 Å². The van der Waals surface area contributed by atoms with E-state index in [0.717, 1.165) is 17.7 Å². The second kappa shape index (κ2) is 4.34. The van der Waals surface area contributed by atoms with Crippen molar-refractivity contribution < 1.29 is 4.79 Å². The topological polar surface area (TPSA) is 34.9 Å². The second-order valence-corrected chi connectivity index (χ2v) is 5.51. The average Bonchev–Trinajstić information content (AvgIpc) is 2.93. The lowest BCUT2D eigenvalue weighted by atomic mass is 9.94. The third-order valence-electron chi connectivity index (χ3n) is 3.77. The van der Waals surface area contributed by atoms with Gasteiger partial charge >= 0.3 is 0 Å². The van der Waals surface area contributed by atoms with Crippen molar-refractivity contribution in [1.29, 1.82) is 0 Å². The average molecular weight is 254 g/mol. The molecule has 3 heteroatoms. The van der Waals surface area contributed by atoms with Crippen molar-refractivity contribution in [3.63, 3.8) is 0 Å². The van der Waals surface area contributed by atoms with Crippen LogP contribution < -0.4 is 0 Å². The maximum Gasteiger partial charge on any atom is 0.163 e. The lowest BCUT2D eigenvalue weighted by molar-refractivity contribution is 0.0994. The molecule has 0 amide bonds. The lowest BCUT2D eigenvalue weighted by Crippen LogP contribution is -1.96. The van der Waals surface area contributed by atoms with Gasteiger partial charge in [0, 0.05) is 30.8 Å². The maximum atomic E-state index is 11.9. The summed E-state index contributed by atoms with van der Waals surface area (Å²) in [5.41, 5.74) is 5.55. The molecule has 0 saturated heterocycles. The minimum Gasteiger partial charge on any atom is -0.294 e. The predicted octanol–water partition coefficient (Wildman–Crippen LogP) is 3.34. The number of carbonyl (C=O) groups excluding carboxylic acids is 1. The molecule has 0 saturated carbocycles. The van der Waals surface area contributed by atoms with E-state index < -0.39 is 0 Å². The third-order valence-corrected chi connectivity index (χ3v) is 3.77. The highest BCUT2D eigenvalue weighted by Crippen LogP contribution is 2.35.